The number of rotatable bonds is 2. The Hall–Kier alpha value is 0.0600. The molecule has 0 aromatic rings. The van der Waals surface area contributed by atoms with Crippen LogP contribution in [0.3, 0.4) is 0 Å². The quantitative estimate of drug-likeness (QED) is 0.604. The van der Waals surface area contributed by atoms with Gasteiger partial charge in [0.15, 0.2) is 0 Å². The van der Waals surface area contributed by atoms with Crippen LogP contribution in [0.5, 0.6) is 0 Å². The van der Waals surface area contributed by atoms with Gasteiger partial charge in [-0.3, -0.25) is 0 Å². The maximum absolute atomic E-state index is 5.89. The predicted octanol–water partition coefficient (Wildman–Crippen LogP) is 3.60. The average Bonchev–Trinajstić information content (AvgIpc) is 2.10. The Labute approximate surface area is 84.2 Å². The predicted molar refractivity (Wildman–Crippen MR) is 55.9 cm³/mol. The molecule has 12 heavy (non-hydrogen) atoms. The Kier molecular flexibility index (Phi) is 3.25. The van der Waals surface area contributed by atoms with Crippen LogP contribution in [0, 0.1) is 11.3 Å². The molecule has 68 valence electrons. The van der Waals surface area contributed by atoms with Gasteiger partial charge in [-0.15, -0.1) is 23.2 Å². The minimum Gasteiger partial charge on any atom is -0.126 e. The summed E-state index contributed by atoms with van der Waals surface area (Å²) in [5.41, 5.74) is 1.31. The molecule has 0 amide bonds. The highest BCUT2D eigenvalue weighted by Gasteiger charge is 2.28. The molecular weight excluding hydrogens is 191 g/mol. The van der Waals surface area contributed by atoms with Crippen LogP contribution < -0.4 is 0 Å². The van der Waals surface area contributed by atoms with Crippen LogP contribution in [0.25, 0.3) is 0 Å². The van der Waals surface area contributed by atoms with Crippen molar-refractivity contribution in [1.29, 1.82) is 0 Å². The van der Waals surface area contributed by atoms with E-state index in [-0.39, 0.29) is 5.41 Å². The van der Waals surface area contributed by atoms with Crippen molar-refractivity contribution in [2.45, 2.75) is 13.8 Å². The lowest BCUT2D eigenvalue weighted by atomic mass is 9.76. The highest BCUT2D eigenvalue weighted by molar-refractivity contribution is 6.19. The second kappa shape index (κ2) is 3.85. The lowest BCUT2D eigenvalue weighted by Crippen LogP contribution is -2.26. The van der Waals surface area contributed by atoms with E-state index in [9.17, 15) is 0 Å². The summed E-state index contributed by atoms with van der Waals surface area (Å²) in [5.74, 6) is 1.74. The first-order chi connectivity index (χ1) is 5.62. The number of alkyl halides is 2. The van der Waals surface area contributed by atoms with Crippen molar-refractivity contribution in [1.82, 2.24) is 0 Å². The average molecular weight is 205 g/mol. The molecule has 1 aliphatic rings. The molecule has 0 bridgehead atoms. The molecule has 0 radical (unpaired) electrons. The number of hydrogen-bond donors (Lipinski definition) is 0. The van der Waals surface area contributed by atoms with Gasteiger partial charge in [-0.05, 0) is 11.5 Å². The molecule has 0 aliphatic heterocycles. The van der Waals surface area contributed by atoms with Gasteiger partial charge in [-0.2, -0.15) is 0 Å². The van der Waals surface area contributed by atoms with E-state index < -0.39 is 0 Å². The fraction of sp³-hybridized carbons (Fsp3) is 0.600. The van der Waals surface area contributed by atoms with E-state index in [4.69, 9.17) is 23.2 Å². The van der Waals surface area contributed by atoms with Gasteiger partial charge in [-0.1, -0.05) is 32.1 Å². The van der Waals surface area contributed by atoms with Crippen molar-refractivity contribution >= 4 is 23.2 Å². The normalized spacial score (nSPS) is 35.0. The molecule has 0 aromatic heterocycles. The molecule has 0 fully saturated rings. The maximum Gasteiger partial charge on any atom is 0.0470 e. The van der Waals surface area contributed by atoms with Gasteiger partial charge >= 0.3 is 0 Å². The Morgan fingerprint density at radius 3 is 2.58 bits per heavy atom. The fourth-order valence-corrected chi connectivity index (χ4v) is 1.78. The molecule has 0 unspecified atom stereocenters. The van der Waals surface area contributed by atoms with Crippen LogP contribution in [0.1, 0.15) is 13.8 Å². The zero-order chi connectivity index (χ0) is 9.19. The van der Waals surface area contributed by atoms with E-state index in [2.05, 4.69) is 32.1 Å². The minimum atomic E-state index is 0.108. The third-order valence-electron chi connectivity index (χ3n) is 2.62. The van der Waals surface area contributed by atoms with Gasteiger partial charge in [0.25, 0.3) is 0 Å². The minimum absolute atomic E-state index is 0.108. The number of hydrogen-bond acceptors (Lipinski definition) is 0. The largest absolute Gasteiger partial charge is 0.126 e. The summed E-state index contributed by atoms with van der Waals surface area (Å²) in [6.45, 7) is 4.35. The molecule has 0 nitrogen and oxygen atoms in total. The van der Waals surface area contributed by atoms with Crippen molar-refractivity contribution in [3.05, 3.63) is 23.8 Å². The number of halogens is 2. The summed E-state index contributed by atoms with van der Waals surface area (Å²) in [7, 11) is 0. The molecule has 0 aromatic carbocycles. The standard InChI is InChI=1S/C10H14Cl2/c1-8-5-9(6-11)3-4-10(8,2)7-12/h3-5,8H,6-7H2,1-2H3/t8-,10+/m0/s1. The van der Waals surface area contributed by atoms with Crippen LogP contribution in [0.4, 0.5) is 0 Å². The van der Waals surface area contributed by atoms with Crippen molar-refractivity contribution in [3.63, 3.8) is 0 Å². The van der Waals surface area contributed by atoms with E-state index in [0.29, 0.717) is 17.7 Å². The molecule has 2 heteroatoms. The third-order valence-corrected chi connectivity index (χ3v) is 3.51. The van der Waals surface area contributed by atoms with Gasteiger partial charge in [0.05, 0.1) is 0 Å². The second-order valence-electron chi connectivity index (χ2n) is 3.64. The van der Waals surface area contributed by atoms with E-state index in [1.54, 1.807) is 0 Å². The molecule has 2 atom stereocenters. The van der Waals surface area contributed by atoms with Gasteiger partial charge in [0.2, 0.25) is 0 Å². The van der Waals surface area contributed by atoms with E-state index in [0.717, 1.165) is 0 Å². The van der Waals surface area contributed by atoms with Crippen LogP contribution >= 0.6 is 23.2 Å². The van der Waals surface area contributed by atoms with Gasteiger partial charge < -0.3 is 0 Å². The van der Waals surface area contributed by atoms with Crippen molar-refractivity contribution in [2.24, 2.45) is 11.3 Å². The monoisotopic (exact) mass is 204 g/mol. The summed E-state index contributed by atoms with van der Waals surface area (Å²) in [6.07, 6.45) is 6.45. The Morgan fingerprint density at radius 1 is 1.50 bits per heavy atom. The summed E-state index contributed by atoms with van der Waals surface area (Å²) in [6, 6.07) is 0. The zero-order valence-corrected chi connectivity index (χ0v) is 8.99. The summed E-state index contributed by atoms with van der Waals surface area (Å²) >= 11 is 11.6. The second-order valence-corrected chi connectivity index (χ2v) is 4.17. The van der Waals surface area contributed by atoms with Gasteiger partial charge in [0.1, 0.15) is 0 Å². The van der Waals surface area contributed by atoms with Gasteiger partial charge in [-0.25, -0.2) is 0 Å². The smallest absolute Gasteiger partial charge is 0.0470 e. The highest BCUT2D eigenvalue weighted by atomic mass is 35.5. The molecule has 0 N–H and O–H groups in total. The Morgan fingerprint density at radius 2 is 2.17 bits per heavy atom. The first-order valence-corrected chi connectivity index (χ1v) is 5.21. The molecule has 1 rings (SSSR count). The van der Waals surface area contributed by atoms with Gasteiger partial charge in [0, 0.05) is 17.2 Å². The lowest BCUT2D eigenvalue weighted by Gasteiger charge is -2.32. The first-order valence-electron chi connectivity index (χ1n) is 4.14. The lowest BCUT2D eigenvalue weighted by molar-refractivity contribution is 0.368. The van der Waals surface area contributed by atoms with Crippen LogP contribution in [-0.2, 0) is 0 Å². The molecule has 0 heterocycles. The first kappa shape index (κ1) is 10.1. The van der Waals surface area contributed by atoms with Crippen molar-refractivity contribution in [3.8, 4) is 0 Å². The summed E-state index contributed by atoms with van der Waals surface area (Å²) < 4.78 is 0. The SMILES string of the molecule is C[C@H]1C=C(CCl)C=C[C@]1(C)CCl. The zero-order valence-electron chi connectivity index (χ0n) is 7.48. The maximum atomic E-state index is 5.89. The molecular formula is C10H14Cl2. The van der Waals surface area contributed by atoms with Crippen molar-refractivity contribution in [2.75, 3.05) is 11.8 Å². The van der Waals surface area contributed by atoms with Crippen molar-refractivity contribution < 1.29 is 0 Å². The molecule has 1 aliphatic carbocycles. The number of allylic oxidation sites excluding steroid dienone is 4. The third kappa shape index (κ3) is 1.86. The van der Waals surface area contributed by atoms with Crippen LogP contribution in [-0.4, -0.2) is 11.8 Å². The highest BCUT2D eigenvalue weighted by Crippen LogP contribution is 2.35. The van der Waals surface area contributed by atoms with E-state index in [1.165, 1.54) is 5.57 Å². The van der Waals surface area contributed by atoms with E-state index >= 15 is 0 Å². The molecule has 0 spiro atoms. The Balaban J connectivity index is 2.81. The van der Waals surface area contributed by atoms with Crippen LogP contribution in [0.2, 0.25) is 0 Å². The van der Waals surface area contributed by atoms with E-state index in [1.807, 2.05) is 0 Å². The molecule has 0 saturated heterocycles. The summed E-state index contributed by atoms with van der Waals surface area (Å²) in [5, 5.41) is 0. The fourth-order valence-electron chi connectivity index (χ4n) is 1.27. The van der Waals surface area contributed by atoms with Crippen LogP contribution in [0.15, 0.2) is 23.8 Å². The Bertz CT molecular complexity index is 218. The molecule has 0 saturated carbocycles. The summed E-state index contributed by atoms with van der Waals surface area (Å²) in [4.78, 5) is 0. The topological polar surface area (TPSA) is 0 Å².